The lowest BCUT2D eigenvalue weighted by Crippen LogP contribution is -2.39. The first-order valence-corrected chi connectivity index (χ1v) is 10.7. The van der Waals surface area contributed by atoms with Crippen molar-refractivity contribution in [2.45, 2.75) is 18.9 Å². The molecule has 0 aliphatic heterocycles. The van der Waals surface area contributed by atoms with Crippen LogP contribution in [0.5, 0.6) is 0 Å². The summed E-state index contributed by atoms with van der Waals surface area (Å²) in [5.74, 6) is -3.60. The van der Waals surface area contributed by atoms with Gasteiger partial charge in [0.15, 0.2) is 11.6 Å². The van der Waals surface area contributed by atoms with E-state index in [0.29, 0.717) is 5.39 Å². The number of carbonyl (C=O) groups excluding carboxylic acids is 2. The number of amides is 2. The van der Waals surface area contributed by atoms with Crippen molar-refractivity contribution in [3.8, 4) is 11.3 Å². The number of rotatable bonds is 7. The Balaban J connectivity index is 1.59. The molecule has 0 spiro atoms. The fraction of sp³-hybridized carbons (Fsp3) is 0.154. The molecule has 4 aromatic rings. The topological polar surface area (TPSA) is 74.0 Å². The van der Waals surface area contributed by atoms with Gasteiger partial charge in [-0.1, -0.05) is 36.4 Å². The van der Waals surface area contributed by atoms with Gasteiger partial charge < -0.3 is 15.6 Å². The smallest absolute Gasteiger partial charge is 0.246 e. The maximum Gasteiger partial charge on any atom is 0.246 e. The van der Waals surface area contributed by atoms with Crippen LogP contribution in [-0.2, 0) is 16.0 Å². The number of hydrogen-bond acceptors (Lipinski definition) is 2. The lowest BCUT2D eigenvalue weighted by Gasteiger charge is -2.18. The van der Waals surface area contributed by atoms with Gasteiger partial charge in [0, 0.05) is 30.1 Å². The summed E-state index contributed by atoms with van der Waals surface area (Å²) in [7, 11) is 1.38. The molecule has 1 atom stereocenters. The van der Waals surface area contributed by atoms with Crippen LogP contribution in [-0.4, -0.2) is 23.8 Å². The summed E-state index contributed by atoms with van der Waals surface area (Å²) in [6.07, 6.45) is 0.248. The average Bonchev–Trinajstić information content (AvgIpc) is 3.20. The van der Waals surface area contributed by atoms with Crippen molar-refractivity contribution in [1.82, 2.24) is 15.6 Å². The number of likely N-dealkylation sites (N-methyl/N-ethyl adjacent to an activating group) is 1. The molecule has 0 aliphatic rings. The first-order valence-electron chi connectivity index (χ1n) is 10.7. The Morgan fingerprint density at radius 3 is 2.41 bits per heavy atom. The number of hydrogen-bond donors (Lipinski definition) is 3. The van der Waals surface area contributed by atoms with Crippen LogP contribution in [0.25, 0.3) is 22.2 Å². The van der Waals surface area contributed by atoms with E-state index >= 15 is 0 Å². The Bertz CT molecular complexity index is 1350. The van der Waals surface area contributed by atoms with Gasteiger partial charge in [0.2, 0.25) is 11.8 Å². The highest BCUT2D eigenvalue weighted by Gasteiger charge is 2.23. The van der Waals surface area contributed by atoms with E-state index in [-0.39, 0.29) is 18.4 Å². The van der Waals surface area contributed by atoms with Gasteiger partial charge in [0.05, 0.1) is 0 Å². The highest BCUT2D eigenvalue weighted by molar-refractivity contribution is 5.92. The highest BCUT2D eigenvalue weighted by Crippen LogP contribution is 2.32. The minimum absolute atomic E-state index is 0.0134. The van der Waals surface area contributed by atoms with E-state index < -0.39 is 35.3 Å². The van der Waals surface area contributed by atoms with Gasteiger partial charge in [-0.15, -0.1) is 0 Å². The Morgan fingerprint density at radius 2 is 1.71 bits per heavy atom. The molecule has 0 aliphatic carbocycles. The van der Waals surface area contributed by atoms with E-state index in [2.05, 4.69) is 15.6 Å². The fourth-order valence-electron chi connectivity index (χ4n) is 3.94. The maximum absolute atomic E-state index is 14.0. The number of carbonyl (C=O) groups is 2. The monoisotopic (exact) mass is 465 g/mol. The second-order valence-corrected chi connectivity index (χ2v) is 7.82. The molecule has 34 heavy (non-hydrogen) atoms. The molecule has 174 valence electrons. The summed E-state index contributed by atoms with van der Waals surface area (Å²) in [6, 6.07) is 15.7. The number of aromatic nitrogens is 1. The van der Waals surface area contributed by atoms with Crippen LogP contribution >= 0.6 is 0 Å². The van der Waals surface area contributed by atoms with Crippen molar-refractivity contribution in [3.05, 3.63) is 95.3 Å². The zero-order valence-electron chi connectivity index (χ0n) is 18.3. The Morgan fingerprint density at radius 1 is 0.941 bits per heavy atom. The largest absolute Gasteiger partial charge is 0.357 e. The first kappa shape index (κ1) is 23.1. The quantitative estimate of drug-likeness (QED) is 0.367. The predicted octanol–water partition coefficient (Wildman–Crippen LogP) is 4.79. The van der Waals surface area contributed by atoms with Gasteiger partial charge >= 0.3 is 0 Å². The standard InChI is InChI=1S/C26H22F3N3O2/c1-30-26(34)25(16-7-10-20(28)21(29)13-16)32-23(33)12-9-18-19-14-17(27)8-11-22(19)31-24(18)15-5-3-2-4-6-15/h2-8,10-11,13-14,25,31H,9,12H2,1H3,(H,30,34)(H,32,33). The number of benzene rings is 3. The van der Waals surface area contributed by atoms with Crippen LogP contribution in [0.3, 0.4) is 0 Å². The molecule has 0 saturated heterocycles. The second kappa shape index (κ2) is 9.82. The molecular formula is C26H22F3N3O2. The molecule has 1 heterocycles. The summed E-state index contributed by atoms with van der Waals surface area (Å²) in [4.78, 5) is 28.4. The Hall–Kier alpha value is -4.07. The molecule has 0 bridgehead atoms. The van der Waals surface area contributed by atoms with Gasteiger partial charge in [-0.25, -0.2) is 13.2 Å². The summed E-state index contributed by atoms with van der Waals surface area (Å²) >= 11 is 0. The molecule has 2 amide bonds. The van der Waals surface area contributed by atoms with Gasteiger partial charge in [-0.3, -0.25) is 9.59 Å². The molecule has 0 fully saturated rings. The number of aromatic amines is 1. The lowest BCUT2D eigenvalue weighted by molar-refractivity contribution is -0.128. The van der Waals surface area contributed by atoms with Crippen molar-refractivity contribution in [1.29, 1.82) is 0 Å². The molecule has 3 N–H and O–H groups in total. The molecule has 1 unspecified atom stereocenters. The van der Waals surface area contributed by atoms with Gasteiger partial charge in [0.25, 0.3) is 0 Å². The second-order valence-electron chi connectivity index (χ2n) is 7.82. The molecule has 0 radical (unpaired) electrons. The summed E-state index contributed by atoms with van der Waals surface area (Å²) in [5.41, 5.74) is 3.28. The molecule has 5 nitrogen and oxygen atoms in total. The normalized spacial score (nSPS) is 11.9. The lowest BCUT2D eigenvalue weighted by atomic mass is 10.0. The highest BCUT2D eigenvalue weighted by atomic mass is 19.2. The first-order chi connectivity index (χ1) is 16.4. The van der Waals surface area contributed by atoms with E-state index in [0.717, 1.165) is 34.5 Å². The van der Waals surface area contributed by atoms with Crippen LogP contribution in [0.15, 0.2) is 66.7 Å². The van der Waals surface area contributed by atoms with Crippen molar-refractivity contribution in [3.63, 3.8) is 0 Å². The maximum atomic E-state index is 14.0. The predicted molar refractivity (Wildman–Crippen MR) is 123 cm³/mol. The average molecular weight is 465 g/mol. The van der Waals surface area contributed by atoms with Crippen LogP contribution < -0.4 is 10.6 Å². The third-order valence-corrected chi connectivity index (χ3v) is 5.62. The molecule has 1 aromatic heterocycles. The molecule has 8 heteroatoms. The van der Waals surface area contributed by atoms with Gasteiger partial charge in [0.1, 0.15) is 11.9 Å². The summed E-state index contributed by atoms with van der Waals surface area (Å²) < 4.78 is 41.0. The number of halogens is 3. The molecular weight excluding hydrogens is 443 g/mol. The van der Waals surface area contributed by atoms with Crippen LogP contribution in [0.1, 0.15) is 23.6 Å². The molecule has 4 rings (SSSR count). The Kier molecular flexibility index (Phi) is 6.67. The number of nitrogens with one attached hydrogen (secondary N) is 3. The number of H-pyrrole nitrogens is 1. The van der Waals surface area contributed by atoms with Crippen molar-refractivity contribution < 1.29 is 22.8 Å². The number of fused-ring (bicyclic) bond motifs is 1. The zero-order chi connectivity index (χ0) is 24.2. The minimum atomic E-state index is -1.19. The molecule has 0 saturated carbocycles. The van der Waals surface area contributed by atoms with E-state index in [1.54, 1.807) is 6.07 Å². The van der Waals surface area contributed by atoms with Gasteiger partial charge in [-0.05, 0) is 53.4 Å². The third kappa shape index (κ3) is 4.80. The zero-order valence-corrected chi connectivity index (χ0v) is 18.3. The van der Waals surface area contributed by atoms with E-state index in [1.807, 2.05) is 30.3 Å². The van der Waals surface area contributed by atoms with Crippen LogP contribution in [0, 0.1) is 17.5 Å². The van der Waals surface area contributed by atoms with Crippen molar-refractivity contribution >= 4 is 22.7 Å². The summed E-state index contributed by atoms with van der Waals surface area (Å²) in [6.45, 7) is 0. The van der Waals surface area contributed by atoms with Crippen molar-refractivity contribution in [2.24, 2.45) is 0 Å². The van der Waals surface area contributed by atoms with Crippen molar-refractivity contribution in [2.75, 3.05) is 7.05 Å². The van der Waals surface area contributed by atoms with E-state index in [4.69, 9.17) is 0 Å². The number of aryl methyl sites for hydroxylation is 1. The summed E-state index contributed by atoms with van der Waals surface area (Å²) in [5, 5.41) is 5.67. The SMILES string of the molecule is CNC(=O)C(NC(=O)CCc1c(-c2ccccc2)[nH]c2ccc(F)cc12)c1ccc(F)c(F)c1. The van der Waals surface area contributed by atoms with Gasteiger partial charge in [-0.2, -0.15) is 0 Å². The van der Waals surface area contributed by atoms with E-state index in [1.165, 1.54) is 25.2 Å². The minimum Gasteiger partial charge on any atom is -0.357 e. The van der Waals surface area contributed by atoms with Crippen LogP contribution in [0.2, 0.25) is 0 Å². The Labute approximate surface area is 194 Å². The van der Waals surface area contributed by atoms with E-state index in [9.17, 15) is 22.8 Å². The third-order valence-electron chi connectivity index (χ3n) is 5.62. The fourth-order valence-corrected chi connectivity index (χ4v) is 3.94. The van der Waals surface area contributed by atoms with Crippen LogP contribution in [0.4, 0.5) is 13.2 Å². The molecule has 3 aromatic carbocycles.